The number of benzene rings is 1. The standard InChI is InChI=1S/C16H20ClNO3/c17-12-4-2-1-3-5-13(12)18-16(19)11-6-7-14-15(10-11)21-9-8-20-14/h6-7,10,12-13H,1-5,8-9H2,(H,18,19). The Labute approximate surface area is 129 Å². The lowest BCUT2D eigenvalue weighted by Crippen LogP contribution is -2.40. The van der Waals surface area contributed by atoms with Crippen molar-refractivity contribution in [3.63, 3.8) is 0 Å². The smallest absolute Gasteiger partial charge is 0.251 e. The number of halogens is 1. The first-order valence-corrected chi connectivity index (χ1v) is 8.02. The van der Waals surface area contributed by atoms with Crippen LogP contribution in [0.5, 0.6) is 11.5 Å². The second kappa shape index (κ2) is 6.56. The molecule has 2 aliphatic rings. The first kappa shape index (κ1) is 14.5. The fourth-order valence-corrected chi connectivity index (χ4v) is 3.20. The van der Waals surface area contributed by atoms with E-state index in [1.54, 1.807) is 18.2 Å². The number of nitrogens with one attached hydrogen (secondary N) is 1. The van der Waals surface area contributed by atoms with Crippen LogP contribution in [0.25, 0.3) is 0 Å². The van der Waals surface area contributed by atoms with Crippen LogP contribution in [-0.2, 0) is 0 Å². The highest BCUT2D eigenvalue weighted by Gasteiger charge is 2.24. The molecule has 3 rings (SSSR count). The van der Waals surface area contributed by atoms with Gasteiger partial charge in [-0.3, -0.25) is 4.79 Å². The zero-order chi connectivity index (χ0) is 14.7. The van der Waals surface area contributed by atoms with Crippen molar-refractivity contribution in [2.45, 2.75) is 43.5 Å². The predicted octanol–water partition coefficient (Wildman–Crippen LogP) is 3.13. The average molecular weight is 310 g/mol. The van der Waals surface area contributed by atoms with Crippen LogP contribution in [0.3, 0.4) is 0 Å². The second-order valence-corrected chi connectivity index (χ2v) is 6.15. The second-order valence-electron chi connectivity index (χ2n) is 5.59. The van der Waals surface area contributed by atoms with E-state index in [4.69, 9.17) is 21.1 Å². The summed E-state index contributed by atoms with van der Waals surface area (Å²) in [5.41, 5.74) is 0.590. The van der Waals surface area contributed by atoms with Gasteiger partial charge in [-0.1, -0.05) is 19.3 Å². The molecule has 1 aromatic rings. The minimum Gasteiger partial charge on any atom is -0.486 e. The van der Waals surface area contributed by atoms with E-state index in [1.165, 1.54) is 6.42 Å². The molecule has 5 heteroatoms. The summed E-state index contributed by atoms with van der Waals surface area (Å²) < 4.78 is 11.0. The van der Waals surface area contributed by atoms with Gasteiger partial charge >= 0.3 is 0 Å². The molecule has 1 saturated carbocycles. The molecule has 4 nitrogen and oxygen atoms in total. The van der Waals surface area contributed by atoms with E-state index in [-0.39, 0.29) is 17.3 Å². The molecule has 21 heavy (non-hydrogen) atoms. The largest absolute Gasteiger partial charge is 0.486 e. The van der Waals surface area contributed by atoms with Gasteiger partial charge < -0.3 is 14.8 Å². The molecule has 1 N–H and O–H groups in total. The van der Waals surface area contributed by atoms with Gasteiger partial charge in [-0.25, -0.2) is 0 Å². The fraction of sp³-hybridized carbons (Fsp3) is 0.562. The van der Waals surface area contributed by atoms with Crippen molar-refractivity contribution in [2.24, 2.45) is 0 Å². The van der Waals surface area contributed by atoms with Crippen molar-refractivity contribution in [3.8, 4) is 11.5 Å². The molecule has 1 aromatic carbocycles. The number of amides is 1. The maximum absolute atomic E-state index is 12.4. The molecule has 1 fully saturated rings. The lowest BCUT2D eigenvalue weighted by Gasteiger charge is -2.22. The highest BCUT2D eigenvalue weighted by Crippen LogP contribution is 2.31. The van der Waals surface area contributed by atoms with Crippen molar-refractivity contribution >= 4 is 17.5 Å². The zero-order valence-corrected chi connectivity index (χ0v) is 12.7. The zero-order valence-electron chi connectivity index (χ0n) is 11.9. The van der Waals surface area contributed by atoms with Crippen molar-refractivity contribution in [3.05, 3.63) is 23.8 Å². The number of hydrogen-bond donors (Lipinski definition) is 1. The van der Waals surface area contributed by atoms with Crippen molar-refractivity contribution in [1.29, 1.82) is 0 Å². The van der Waals surface area contributed by atoms with Crippen LogP contribution in [0.4, 0.5) is 0 Å². The summed E-state index contributed by atoms with van der Waals surface area (Å²) in [5, 5.41) is 3.09. The Morgan fingerprint density at radius 1 is 1.10 bits per heavy atom. The molecule has 114 valence electrons. The Hall–Kier alpha value is -1.42. The van der Waals surface area contributed by atoms with Crippen molar-refractivity contribution < 1.29 is 14.3 Å². The minimum absolute atomic E-state index is 0.0219. The molecule has 0 radical (unpaired) electrons. The van der Waals surface area contributed by atoms with Gasteiger partial charge in [0.25, 0.3) is 5.91 Å². The van der Waals surface area contributed by atoms with E-state index < -0.39 is 0 Å². The Kier molecular flexibility index (Phi) is 4.54. The van der Waals surface area contributed by atoms with Gasteiger partial charge in [0.15, 0.2) is 11.5 Å². The summed E-state index contributed by atoms with van der Waals surface area (Å²) in [4.78, 5) is 12.4. The van der Waals surface area contributed by atoms with Crippen molar-refractivity contribution in [1.82, 2.24) is 5.32 Å². The quantitative estimate of drug-likeness (QED) is 0.674. The number of alkyl halides is 1. The number of carbonyl (C=O) groups excluding carboxylic acids is 1. The van der Waals surface area contributed by atoms with Gasteiger partial charge in [-0.15, -0.1) is 11.6 Å². The van der Waals surface area contributed by atoms with Crippen LogP contribution < -0.4 is 14.8 Å². The summed E-state index contributed by atoms with van der Waals surface area (Å²) >= 11 is 6.37. The lowest BCUT2D eigenvalue weighted by molar-refractivity contribution is 0.0933. The van der Waals surface area contributed by atoms with Gasteiger partial charge in [-0.05, 0) is 31.0 Å². The normalized spacial score (nSPS) is 25.0. The highest BCUT2D eigenvalue weighted by atomic mass is 35.5. The van der Waals surface area contributed by atoms with Crippen LogP contribution in [0.2, 0.25) is 0 Å². The molecule has 1 aliphatic carbocycles. The molecular weight excluding hydrogens is 290 g/mol. The first-order chi connectivity index (χ1) is 10.2. The number of fused-ring (bicyclic) bond motifs is 1. The van der Waals surface area contributed by atoms with E-state index >= 15 is 0 Å². The molecule has 1 amide bonds. The van der Waals surface area contributed by atoms with E-state index in [1.807, 2.05) is 0 Å². The van der Waals surface area contributed by atoms with Gasteiger partial charge in [0.1, 0.15) is 13.2 Å². The molecule has 2 unspecified atom stereocenters. The van der Waals surface area contributed by atoms with E-state index in [0.717, 1.165) is 25.7 Å². The van der Waals surface area contributed by atoms with Gasteiger partial charge in [0.2, 0.25) is 0 Å². The van der Waals surface area contributed by atoms with Crippen LogP contribution in [0.1, 0.15) is 42.5 Å². The number of hydrogen-bond acceptors (Lipinski definition) is 3. The van der Waals surface area contributed by atoms with Gasteiger partial charge in [0, 0.05) is 11.6 Å². The van der Waals surface area contributed by atoms with E-state index in [9.17, 15) is 4.79 Å². The van der Waals surface area contributed by atoms with Crippen LogP contribution in [-0.4, -0.2) is 30.5 Å². The maximum Gasteiger partial charge on any atom is 0.251 e. The molecule has 0 saturated heterocycles. The first-order valence-electron chi connectivity index (χ1n) is 7.58. The monoisotopic (exact) mass is 309 g/mol. The topological polar surface area (TPSA) is 47.6 Å². The fourth-order valence-electron chi connectivity index (χ4n) is 2.86. The average Bonchev–Trinajstić information content (AvgIpc) is 2.72. The molecular formula is C16H20ClNO3. The minimum atomic E-state index is -0.0930. The van der Waals surface area contributed by atoms with Gasteiger partial charge in [-0.2, -0.15) is 0 Å². The summed E-state index contributed by atoms with van der Waals surface area (Å²) in [6, 6.07) is 5.34. The molecule has 1 heterocycles. The Morgan fingerprint density at radius 3 is 2.71 bits per heavy atom. The molecule has 0 spiro atoms. The van der Waals surface area contributed by atoms with Crippen molar-refractivity contribution in [2.75, 3.05) is 13.2 Å². The summed E-state index contributed by atoms with van der Waals surface area (Å²) in [7, 11) is 0. The molecule has 0 aromatic heterocycles. The maximum atomic E-state index is 12.4. The third-order valence-corrected chi connectivity index (χ3v) is 4.57. The predicted molar refractivity (Wildman–Crippen MR) is 81.4 cm³/mol. The summed E-state index contributed by atoms with van der Waals surface area (Å²) in [6.07, 6.45) is 5.37. The molecule has 1 aliphatic heterocycles. The van der Waals surface area contributed by atoms with Gasteiger partial charge in [0.05, 0.1) is 5.38 Å². The van der Waals surface area contributed by atoms with E-state index in [0.29, 0.717) is 30.3 Å². The number of rotatable bonds is 2. The Balaban J connectivity index is 1.69. The highest BCUT2D eigenvalue weighted by molar-refractivity contribution is 6.21. The number of ether oxygens (including phenoxy) is 2. The SMILES string of the molecule is O=C(NC1CCCCCC1Cl)c1ccc2c(c1)OCCO2. The summed E-state index contributed by atoms with van der Waals surface area (Å²) in [6.45, 7) is 1.07. The van der Waals surface area contributed by atoms with Crippen LogP contribution >= 0.6 is 11.6 Å². The lowest BCUT2D eigenvalue weighted by atomic mass is 10.1. The Morgan fingerprint density at radius 2 is 1.86 bits per heavy atom. The van der Waals surface area contributed by atoms with Crippen LogP contribution in [0, 0.1) is 0 Å². The summed E-state index contributed by atoms with van der Waals surface area (Å²) in [5.74, 6) is 1.24. The number of carbonyl (C=O) groups is 1. The third kappa shape index (κ3) is 3.43. The third-order valence-electron chi connectivity index (χ3n) is 4.05. The van der Waals surface area contributed by atoms with E-state index in [2.05, 4.69) is 5.32 Å². The molecule has 2 atom stereocenters. The molecule has 0 bridgehead atoms. The Bertz CT molecular complexity index is 520. The van der Waals surface area contributed by atoms with Crippen LogP contribution in [0.15, 0.2) is 18.2 Å².